The standard InChI is InChI=1S/C14H19BrO2/c1-2-17-11-6-7-12(13(15)9-11)14(16)8-10-4-3-5-10/h6-7,9-10,14,16H,2-5,8H2,1H3. The first-order valence-electron chi connectivity index (χ1n) is 6.31. The van der Waals surface area contributed by atoms with Crippen LogP contribution in [0.15, 0.2) is 22.7 Å². The summed E-state index contributed by atoms with van der Waals surface area (Å²) in [4.78, 5) is 0. The topological polar surface area (TPSA) is 29.5 Å². The number of aliphatic hydroxyl groups is 1. The Morgan fingerprint density at radius 3 is 2.76 bits per heavy atom. The number of hydrogen-bond acceptors (Lipinski definition) is 2. The summed E-state index contributed by atoms with van der Waals surface area (Å²) in [6.45, 7) is 2.63. The molecule has 0 aromatic heterocycles. The van der Waals surface area contributed by atoms with E-state index in [0.717, 1.165) is 22.2 Å². The predicted octanol–water partition coefficient (Wildman–Crippen LogP) is 4.07. The average molecular weight is 299 g/mol. The molecule has 0 spiro atoms. The van der Waals surface area contributed by atoms with Gasteiger partial charge in [0.25, 0.3) is 0 Å². The largest absolute Gasteiger partial charge is 0.494 e. The van der Waals surface area contributed by atoms with E-state index in [9.17, 15) is 5.11 Å². The Bertz CT molecular complexity index is 374. The second-order valence-electron chi connectivity index (χ2n) is 4.66. The Morgan fingerprint density at radius 2 is 2.24 bits per heavy atom. The normalized spacial score (nSPS) is 17.6. The summed E-state index contributed by atoms with van der Waals surface area (Å²) in [5.41, 5.74) is 0.973. The van der Waals surface area contributed by atoms with Crippen molar-refractivity contribution in [2.75, 3.05) is 6.61 Å². The highest BCUT2D eigenvalue weighted by atomic mass is 79.9. The maximum absolute atomic E-state index is 10.2. The van der Waals surface area contributed by atoms with Crippen molar-refractivity contribution in [1.82, 2.24) is 0 Å². The van der Waals surface area contributed by atoms with Crippen LogP contribution in [0.5, 0.6) is 5.75 Å². The van der Waals surface area contributed by atoms with Gasteiger partial charge in [-0.2, -0.15) is 0 Å². The van der Waals surface area contributed by atoms with Gasteiger partial charge < -0.3 is 9.84 Å². The van der Waals surface area contributed by atoms with Crippen LogP contribution in [0, 0.1) is 5.92 Å². The lowest BCUT2D eigenvalue weighted by atomic mass is 9.80. The third-order valence-electron chi connectivity index (χ3n) is 3.42. The minimum Gasteiger partial charge on any atom is -0.494 e. The molecule has 0 heterocycles. The number of ether oxygens (including phenoxy) is 1. The number of halogens is 1. The van der Waals surface area contributed by atoms with Crippen molar-refractivity contribution in [2.24, 2.45) is 5.92 Å². The maximum atomic E-state index is 10.2. The van der Waals surface area contributed by atoms with Crippen molar-refractivity contribution in [3.8, 4) is 5.75 Å². The van der Waals surface area contributed by atoms with E-state index in [-0.39, 0.29) is 6.10 Å². The van der Waals surface area contributed by atoms with Gasteiger partial charge >= 0.3 is 0 Å². The highest BCUT2D eigenvalue weighted by molar-refractivity contribution is 9.10. The second-order valence-corrected chi connectivity index (χ2v) is 5.52. The lowest BCUT2D eigenvalue weighted by Crippen LogP contribution is -2.15. The highest BCUT2D eigenvalue weighted by Gasteiger charge is 2.22. The molecule has 0 radical (unpaired) electrons. The fourth-order valence-corrected chi connectivity index (χ4v) is 2.83. The summed E-state index contributed by atoms with van der Waals surface area (Å²) in [6, 6.07) is 5.81. The van der Waals surface area contributed by atoms with Crippen molar-refractivity contribution >= 4 is 15.9 Å². The molecule has 2 nitrogen and oxygen atoms in total. The summed E-state index contributed by atoms with van der Waals surface area (Å²) < 4.78 is 6.36. The van der Waals surface area contributed by atoms with E-state index in [0.29, 0.717) is 12.5 Å². The molecule has 0 saturated heterocycles. The van der Waals surface area contributed by atoms with E-state index in [4.69, 9.17) is 4.74 Å². The number of rotatable bonds is 5. The van der Waals surface area contributed by atoms with Gasteiger partial charge in [-0.15, -0.1) is 0 Å². The van der Waals surface area contributed by atoms with Gasteiger partial charge in [0.05, 0.1) is 12.7 Å². The molecule has 0 aliphatic heterocycles. The zero-order chi connectivity index (χ0) is 12.3. The van der Waals surface area contributed by atoms with Gasteiger partial charge in [-0.05, 0) is 37.0 Å². The van der Waals surface area contributed by atoms with Crippen LogP contribution in [0.4, 0.5) is 0 Å². The van der Waals surface area contributed by atoms with Crippen LogP contribution in [0.3, 0.4) is 0 Å². The van der Waals surface area contributed by atoms with Crippen LogP contribution < -0.4 is 4.74 Å². The summed E-state index contributed by atoms with van der Waals surface area (Å²) in [6.07, 6.45) is 4.39. The van der Waals surface area contributed by atoms with Crippen molar-refractivity contribution in [3.05, 3.63) is 28.2 Å². The Kier molecular flexibility index (Phi) is 4.46. The summed E-state index contributed by atoms with van der Waals surface area (Å²) in [5, 5.41) is 10.2. The lowest BCUT2D eigenvalue weighted by molar-refractivity contribution is 0.118. The summed E-state index contributed by atoms with van der Waals surface area (Å²) >= 11 is 3.51. The van der Waals surface area contributed by atoms with Gasteiger partial charge in [-0.1, -0.05) is 41.3 Å². The Hall–Kier alpha value is -0.540. The molecule has 1 N–H and O–H groups in total. The van der Waals surface area contributed by atoms with Crippen LogP contribution in [0.1, 0.15) is 44.3 Å². The third-order valence-corrected chi connectivity index (χ3v) is 4.11. The zero-order valence-electron chi connectivity index (χ0n) is 10.2. The van der Waals surface area contributed by atoms with Gasteiger partial charge in [-0.3, -0.25) is 0 Å². The molecule has 1 saturated carbocycles. The van der Waals surface area contributed by atoms with E-state index in [1.165, 1.54) is 19.3 Å². The third kappa shape index (κ3) is 3.23. The summed E-state index contributed by atoms with van der Waals surface area (Å²) in [5.74, 6) is 1.56. The monoisotopic (exact) mass is 298 g/mol. The molecule has 1 atom stereocenters. The van der Waals surface area contributed by atoms with Crippen LogP contribution >= 0.6 is 15.9 Å². The number of hydrogen-bond donors (Lipinski definition) is 1. The van der Waals surface area contributed by atoms with Gasteiger partial charge in [0.1, 0.15) is 5.75 Å². The molecule has 2 rings (SSSR count). The van der Waals surface area contributed by atoms with Gasteiger partial charge in [0, 0.05) is 4.47 Å². The first-order chi connectivity index (χ1) is 8.20. The second kappa shape index (κ2) is 5.87. The molecule has 1 aromatic carbocycles. The Morgan fingerprint density at radius 1 is 1.47 bits per heavy atom. The van der Waals surface area contributed by atoms with Crippen molar-refractivity contribution in [3.63, 3.8) is 0 Å². The van der Waals surface area contributed by atoms with Gasteiger partial charge in [0.2, 0.25) is 0 Å². The van der Waals surface area contributed by atoms with Crippen LogP contribution in [0.2, 0.25) is 0 Å². The van der Waals surface area contributed by atoms with Crippen LogP contribution in [-0.2, 0) is 0 Å². The van der Waals surface area contributed by atoms with Crippen molar-refractivity contribution in [2.45, 2.75) is 38.7 Å². The van der Waals surface area contributed by atoms with Gasteiger partial charge in [-0.25, -0.2) is 0 Å². The van der Waals surface area contributed by atoms with Crippen LogP contribution in [0.25, 0.3) is 0 Å². The molecule has 0 amide bonds. The smallest absolute Gasteiger partial charge is 0.120 e. The Labute approximate surface area is 111 Å². The highest BCUT2D eigenvalue weighted by Crippen LogP contribution is 2.37. The minimum atomic E-state index is -0.356. The van der Waals surface area contributed by atoms with Gasteiger partial charge in [0.15, 0.2) is 0 Å². The lowest BCUT2D eigenvalue weighted by Gasteiger charge is -2.28. The SMILES string of the molecule is CCOc1ccc(C(O)CC2CCC2)c(Br)c1. The predicted molar refractivity (Wildman–Crippen MR) is 72.2 cm³/mol. The fourth-order valence-electron chi connectivity index (χ4n) is 2.21. The molecule has 1 aliphatic rings. The van der Waals surface area contributed by atoms with E-state index in [1.54, 1.807) is 0 Å². The number of benzene rings is 1. The maximum Gasteiger partial charge on any atom is 0.120 e. The van der Waals surface area contributed by atoms with E-state index >= 15 is 0 Å². The fraction of sp³-hybridized carbons (Fsp3) is 0.571. The van der Waals surface area contributed by atoms with E-state index in [2.05, 4.69) is 15.9 Å². The first kappa shape index (κ1) is 12.9. The average Bonchev–Trinajstić information content (AvgIpc) is 2.24. The molecule has 94 valence electrons. The quantitative estimate of drug-likeness (QED) is 0.888. The molecule has 1 aromatic rings. The molecule has 17 heavy (non-hydrogen) atoms. The molecule has 3 heteroatoms. The Balaban J connectivity index is 2.03. The van der Waals surface area contributed by atoms with Crippen molar-refractivity contribution < 1.29 is 9.84 Å². The van der Waals surface area contributed by atoms with Crippen LogP contribution in [-0.4, -0.2) is 11.7 Å². The molecule has 1 fully saturated rings. The minimum absolute atomic E-state index is 0.356. The molecule has 1 unspecified atom stereocenters. The summed E-state index contributed by atoms with van der Waals surface area (Å²) in [7, 11) is 0. The molecular weight excluding hydrogens is 280 g/mol. The molecule has 1 aliphatic carbocycles. The van der Waals surface area contributed by atoms with Crippen molar-refractivity contribution in [1.29, 1.82) is 0 Å². The molecular formula is C14H19BrO2. The zero-order valence-corrected chi connectivity index (χ0v) is 11.7. The molecule has 0 bridgehead atoms. The van der Waals surface area contributed by atoms with E-state index in [1.807, 2.05) is 25.1 Å². The first-order valence-corrected chi connectivity index (χ1v) is 7.10. The van der Waals surface area contributed by atoms with E-state index < -0.39 is 0 Å². The number of aliphatic hydroxyl groups excluding tert-OH is 1.